The number of amides is 1. The second kappa shape index (κ2) is 5.61. The van der Waals surface area contributed by atoms with Crippen LogP contribution in [0.25, 0.3) is 0 Å². The van der Waals surface area contributed by atoms with E-state index in [1.54, 1.807) is 0 Å². The first-order valence-electron chi connectivity index (χ1n) is 6.07. The molecule has 104 valence electrons. The van der Waals surface area contributed by atoms with Crippen molar-refractivity contribution in [1.29, 1.82) is 0 Å². The van der Waals surface area contributed by atoms with E-state index in [0.717, 1.165) is 12.1 Å². The molecule has 0 aliphatic carbocycles. The van der Waals surface area contributed by atoms with E-state index in [2.05, 4.69) is 0 Å². The van der Waals surface area contributed by atoms with Crippen LogP contribution in [0.15, 0.2) is 12.1 Å². The van der Waals surface area contributed by atoms with Crippen LogP contribution in [-0.2, 0) is 4.74 Å². The number of nitrogens with zero attached hydrogens (tertiary/aromatic N) is 1. The van der Waals surface area contributed by atoms with Crippen LogP contribution in [0.4, 0.5) is 13.2 Å². The van der Waals surface area contributed by atoms with Crippen LogP contribution in [0.3, 0.4) is 0 Å². The summed E-state index contributed by atoms with van der Waals surface area (Å²) in [6.07, 6.45) is 0.678. The molecule has 1 aromatic rings. The Morgan fingerprint density at radius 1 is 1.37 bits per heavy atom. The molecule has 0 N–H and O–H groups in total. The zero-order valence-electron chi connectivity index (χ0n) is 10.5. The molecule has 2 rings (SSSR count). The normalized spacial score (nSPS) is 19.6. The fraction of sp³-hybridized carbons (Fsp3) is 0.462. The molecular formula is C13H14F3NO2. The minimum absolute atomic E-state index is 0.127. The molecule has 0 spiro atoms. The summed E-state index contributed by atoms with van der Waals surface area (Å²) in [5.41, 5.74) is -0.184. The lowest BCUT2D eigenvalue weighted by Crippen LogP contribution is -2.48. The van der Waals surface area contributed by atoms with Gasteiger partial charge in [0.2, 0.25) is 0 Å². The summed E-state index contributed by atoms with van der Waals surface area (Å²) in [5.74, 6) is -4.78. The van der Waals surface area contributed by atoms with Gasteiger partial charge in [0.1, 0.15) is 0 Å². The van der Waals surface area contributed by atoms with E-state index in [-0.39, 0.29) is 11.6 Å². The summed E-state index contributed by atoms with van der Waals surface area (Å²) in [6.45, 7) is 3.03. The highest BCUT2D eigenvalue weighted by molar-refractivity contribution is 5.94. The fourth-order valence-corrected chi connectivity index (χ4v) is 2.11. The standard InChI is InChI=1S/C13H14F3NO2/c1-2-9-7-19-4-3-17(9)13(18)8-5-10(14)12(16)11(15)6-8/h5-6,9H,2-4,7H2,1H3. The Morgan fingerprint density at radius 2 is 2.00 bits per heavy atom. The Labute approximate surface area is 109 Å². The monoisotopic (exact) mass is 273 g/mol. The maximum atomic E-state index is 13.1. The lowest BCUT2D eigenvalue weighted by Gasteiger charge is -2.35. The summed E-state index contributed by atoms with van der Waals surface area (Å²) in [4.78, 5) is 13.7. The molecule has 0 radical (unpaired) electrons. The van der Waals surface area contributed by atoms with E-state index in [0.29, 0.717) is 26.2 Å². The fourth-order valence-electron chi connectivity index (χ4n) is 2.11. The van der Waals surface area contributed by atoms with E-state index in [1.807, 2.05) is 6.92 Å². The molecule has 19 heavy (non-hydrogen) atoms. The first-order valence-corrected chi connectivity index (χ1v) is 6.07. The second-order valence-electron chi connectivity index (χ2n) is 4.39. The van der Waals surface area contributed by atoms with Gasteiger partial charge in [-0.15, -0.1) is 0 Å². The van der Waals surface area contributed by atoms with Gasteiger partial charge in [-0.25, -0.2) is 13.2 Å². The Hall–Kier alpha value is -1.56. The van der Waals surface area contributed by atoms with Crippen molar-refractivity contribution >= 4 is 5.91 Å². The molecule has 6 heteroatoms. The van der Waals surface area contributed by atoms with Crippen LogP contribution in [0.5, 0.6) is 0 Å². The number of halogens is 3. The predicted octanol–water partition coefficient (Wildman–Crippen LogP) is 2.35. The lowest BCUT2D eigenvalue weighted by atomic mass is 10.1. The highest BCUT2D eigenvalue weighted by atomic mass is 19.2. The molecule has 0 aromatic heterocycles. The number of carbonyl (C=O) groups is 1. The predicted molar refractivity (Wildman–Crippen MR) is 62.3 cm³/mol. The third-order valence-corrected chi connectivity index (χ3v) is 3.19. The maximum absolute atomic E-state index is 13.1. The topological polar surface area (TPSA) is 29.5 Å². The number of rotatable bonds is 2. The van der Waals surface area contributed by atoms with Crippen LogP contribution in [0.1, 0.15) is 23.7 Å². The van der Waals surface area contributed by atoms with Crippen molar-refractivity contribution in [2.75, 3.05) is 19.8 Å². The average Bonchev–Trinajstić information content (AvgIpc) is 2.43. The minimum Gasteiger partial charge on any atom is -0.377 e. The van der Waals surface area contributed by atoms with Gasteiger partial charge in [-0.2, -0.15) is 0 Å². The van der Waals surface area contributed by atoms with Crippen molar-refractivity contribution in [2.45, 2.75) is 19.4 Å². The zero-order valence-corrected chi connectivity index (χ0v) is 10.5. The molecule has 1 saturated heterocycles. The van der Waals surface area contributed by atoms with Gasteiger partial charge in [0.05, 0.1) is 19.3 Å². The minimum atomic E-state index is -1.56. The van der Waals surface area contributed by atoms with Crippen molar-refractivity contribution in [3.05, 3.63) is 35.1 Å². The number of carbonyl (C=O) groups excluding carboxylic acids is 1. The highest BCUT2D eigenvalue weighted by Gasteiger charge is 2.28. The van der Waals surface area contributed by atoms with Gasteiger partial charge in [0.25, 0.3) is 5.91 Å². The Balaban J connectivity index is 2.28. The molecule has 1 fully saturated rings. The SMILES string of the molecule is CCC1COCCN1C(=O)c1cc(F)c(F)c(F)c1. The molecule has 1 aromatic carbocycles. The summed E-state index contributed by atoms with van der Waals surface area (Å²) < 4.78 is 44.4. The molecule has 0 saturated carbocycles. The van der Waals surface area contributed by atoms with Crippen LogP contribution in [0, 0.1) is 17.5 Å². The van der Waals surface area contributed by atoms with E-state index < -0.39 is 23.4 Å². The van der Waals surface area contributed by atoms with Crippen LogP contribution >= 0.6 is 0 Å². The smallest absolute Gasteiger partial charge is 0.254 e. The largest absolute Gasteiger partial charge is 0.377 e. The van der Waals surface area contributed by atoms with E-state index in [9.17, 15) is 18.0 Å². The number of morpholine rings is 1. The second-order valence-corrected chi connectivity index (χ2v) is 4.39. The Kier molecular flexibility index (Phi) is 4.09. The first kappa shape index (κ1) is 13.9. The van der Waals surface area contributed by atoms with Crippen molar-refractivity contribution in [3.8, 4) is 0 Å². The summed E-state index contributed by atoms with van der Waals surface area (Å²) in [7, 11) is 0. The maximum Gasteiger partial charge on any atom is 0.254 e. The molecule has 3 nitrogen and oxygen atoms in total. The molecule has 1 heterocycles. The molecule has 1 aliphatic heterocycles. The van der Waals surface area contributed by atoms with Crippen LogP contribution in [0.2, 0.25) is 0 Å². The summed E-state index contributed by atoms with van der Waals surface area (Å²) in [5, 5.41) is 0. The van der Waals surface area contributed by atoms with E-state index in [4.69, 9.17) is 4.74 Å². The van der Waals surface area contributed by atoms with Crippen molar-refractivity contribution < 1.29 is 22.7 Å². The zero-order chi connectivity index (χ0) is 14.0. The van der Waals surface area contributed by atoms with Crippen LogP contribution < -0.4 is 0 Å². The molecule has 1 unspecified atom stereocenters. The number of hydrogen-bond donors (Lipinski definition) is 0. The molecule has 1 amide bonds. The Morgan fingerprint density at radius 3 is 2.58 bits per heavy atom. The summed E-state index contributed by atoms with van der Waals surface area (Å²) >= 11 is 0. The average molecular weight is 273 g/mol. The van der Waals surface area contributed by atoms with Gasteiger partial charge in [-0.1, -0.05) is 6.92 Å². The number of ether oxygens (including phenoxy) is 1. The number of benzene rings is 1. The van der Waals surface area contributed by atoms with E-state index in [1.165, 1.54) is 4.90 Å². The molecule has 1 atom stereocenters. The molecule has 0 bridgehead atoms. The van der Waals surface area contributed by atoms with E-state index >= 15 is 0 Å². The highest BCUT2D eigenvalue weighted by Crippen LogP contribution is 2.18. The summed E-state index contributed by atoms with van der Waals surface area (Å²) in [6, 6.07) is 1.32. The number of hydrogen-bond acceptors (Lipinski definition) is 2. The van der Waals surface area contributed by atoms with Gasteiger partial charge >= 0.3 is 0 Å². The quantitative estimate of drug-likeness (QED) is 0.774. The van der Waals surface area contributed by atoms with Crippen LogP contribution in [-0.4, -0.2) is 36.6 Å². The third-order valence-electron chi connectivity index (χ3n) is 3.19. The van der Waals surface area contributed by atoms with Gasteiger partial charge in [0, 0.05) is 12.1 Å². The molecular weight excluding hydrogens is 259 g/mol. The third kappa shape index (κ3) is 2.73. The van der Waals surface area contributed by atoms with Gasteiger partial charge in [-0.3, -0.25) is 4.79 Å². The van der Waals surface area contributed by atoms with Gasteiger partial charge in [0.15, 0.2) is 17.5 Å². The van der Waals surface area contributed by atoms with Crippen molar-refractivity contribution in [3.63, 3.8) is 0 Å². The van der Waals surface area contributed by atoms with Crippen molar-refractivity contribution in [1.82, 2.24) is 4.90 Å². The first-order chi connectivity index (χ1) is 9.04. The lowest BCUT2D eigenvalue weighted by molar-refractivity contribution is -0.00285. The molecule has 1 aliphatic rings. The van der Waals surface area contributed by atoms with Gasteiger partial charge < -0.3 is 9.64 Å². The van der Waals surface area contributed by atoms with Gasteiger partial charge in [-0.05, 0) is 18.6 Å². The Bertz CT molecular complexity index is 470. The van der Waals surface area contributed by atoms with Crippen molar-refractivity contribution in [2.24, 2.45) is 0 Å².